The molecule has 0 aliphatic carbocycles. The van der Waals surface area contributed by atoms with Crippen molar-refractivity contribution in [1.82, 2.24) is 9.97 Å². The summed E-state index contributed by atoms with van der Waals surface area (Å²) in [5, 5.41) is 30.4. The first-order valence-electron chi connectivity index (χ1n) is 12.9. The average Bonchev–Trinajstić information content (AvgIpc) is 3.08. The molecule has 1 aromatic rings. The summed E-state index contributed by atoms with van der Waals surface area (Å²) in [6, 6.07) is 0. The minimum absolute atomic E-state index is 0.0399. The standard InChI is InChI=1S/C25H42N2O7/c1-2-3-4-5-6-7-8-9-10-11-12-13-14-15-20(29)25(18-16-26-24(33)27-23(18)32)22(31)21(30)19(17-28)34-25/h16,19,21-22,28,30-31H,2-15,17H2,1H3,(H2,26,27,32,33)/t19-,21-,22-,25-/m1/s1. The normalized spacial score (nSPS) is 24.5. The lowest BCUT2D eigenvalue weighted by atomic mass is 9.82. The molecule has 1 saturated heterocycles. The molecule has 34 heavy (non-hydrogen) atoms. The van der Waals surface area contributed by atoms with Crippen LogP contribution in [-0.4, -0.2) is 56.0 Å². The second-order valence-electron chi connectivity index (χ2n) is 9.41. The number of ketones is 1. The Bertz CT molecular complexity index is 852. The third kappa shape index (κ3) is 7.34. The number of nitrogens with one attached hydrogen (secondary N) is 2. The summed E-state index contributed by atoms with van der Waals surface area (Å²) in [4.78, 5) is 41.3. The van der Waals surface area contributed by atoms with Gasteiger partial charge in [0.25, 0.3) is 5.56 Å². The van der Waals surface area contributed by atoms with Crippen molar-refractivity contribution >= 4 is 5.78 Å². The Balaban J connectivity index is 1.81. The Labute approximate surface area is 201 Å². The van der Waals surface area contributed by atoms with Crippen LogP contribution in [0.25, 0.3) is 0 Å². The van der Waals surface area contributed by atoms with Crippen molar-refractivity contribution in [1.29, 1.82) is 0 Å². The van der Waals surface area contributed by atoms with Crippen molar-refractivity contribution in [2.75, 3.05) is 6.61 Å². The van der Waals surface area contributed by atoms with E-state index >= 15 is 0 Å². The molecule has 0 amide bonds. The van der Waals surface area contributed by atoms with Gasteiger partial charge in [-0.25, -0.2) is 4.79 Å². The average molecular weight is 483 g/mol. The molecule has 0 unspecified atom stereocenters. The summed E-state index contributed by atoms with van der Waals surface area (Å²) < 4.78 is 5.61. The molecular formula is C25H42N2O7. The van der Waals surface area contributed by atoms with Gasteiger partial charge in [-0.05, 0) is 6.42 Å². The van der Waals surface area contributed by atoms with E-state index in [-0.39, 0.29) is 12.0 Å². The second-order valence-corrected chi connectivity index (χ2v) is 9.41. The summed E-state index contributed by atoms with van der Waals surface area (Å²) in [6.45, 7) is 1.59. The van der Waals surface area contributed by atoms with Crippen LogP contribution in [0.3, 0.4) is 0 Å². The smallest absolute Gasteiger partial charge is 0.325 e. The third-order valence-corrected chi connectivity index (χ3v) is 6.78. The van der Waals surface area contributed by atoms with Crippen molar-refractivity contribution in [2.24, 2.45) is 0 Å². The van der Waals surface area contributed by atoms with Crippen molar-refractivity contribution in [2.45, 2.75) is 121 Å². The highest BCUT2D eigenvalue weighted by atomic mass is 16.6. The van der Waals surface area contributed by atoms with Gasteiger partial charge in [0, 0.05) is 12.6 Å². The summed E-state index contributed by atoms with van der Waals surface area (Å²) in [7, 11) is 0. The molecule has 0 saturated carbocycles. The number of carbonyl (C=O) groups excluding carboxylic acids is 1. The SMILES string of the molecule is CCCCCCCCCCCCCCCC(=O)[C@@]1(c2c[nH]c(=O)[nH]c2=O)O[C@H](CO)[C@@H](O)[C@H]1O. The summed E-state index contributed by atoms with van der Waals surface area (Å²) in [5.74, 6) is -0.560. The molecule has 0 bridgehead atoms. The first-order valence-corrected chi connectivity index (χ1v) is 12.9. The maximum Gasteiger partial charge on any atom is 0.325 e. The van der Waals surface area contributed by atoms with Crippen molar-refractivity contribution < 1.29 is 24.9 Å². The number of aromatic amines is 2. The summed E-state index contributed by atoms with van der Waals surface area (Å²) >= 11 is 0. The van der Waals surface area contributed by atoms with E-state index in [0.717, 1.165) is 25.5 Å². The third-order valence-electron chi connectivity index (χ3n) is 6.78. The molecule has 2 rings (SSSR count). The Morgan fingerprint density at radius 2 is 1.47 bits per heavy atom. The van der Waals surface area contributed by atoms with Crippen LogP contribution >= 0.6 is 0 Å². The monoisotopic (exact) mass is 482 g/mol. The number of rotatable bonds is 17. The molecule has 0 radical (unpaired) electrons. The summed E-state index contributed by atoms with van der Waals surface area (Å²) in [6.07, 6.45) is 11.6. The summed E-state index contributed by atoms with van der Waals surface area (Å²) in [5.41, 5.74) is -4.07. The number of hydrogen-bond acceptors (Lipinski definition) is 7. The van der Waals surface area contributed by atoms with Crippen molar-refractivity contribution in [3.63, 3.8) is 0 Å². The van der Waals surface area contributed by atoms with Crippen LogP contribution in [0.5, 0.6) is 0 Å². The number of aromatic nitrogens is 2. The van der Waals surface area contributed by atoms with Gasteiger partial charge < -0.3 is 25.0 Å². The van der Waals surface area contributed by atoms with E-state index in [2.05, 4.69) is 11.9 Å². The maximum atomic E-state index is 13.2. The lowest BCUT2D eigenvalue weighted by molar-refractivity contribution is -0.156. The molecule has 1 fully saturated rings. The van der Waals surface area contributed by atoms with Gasteiger partial charge in [0.2, 0.25) is 0 Å². The maximum absolute atomic E-state index is 13.2. The zero-order valence-corrected chi connectivity index (χ0v) is 20.4. The molecule has 2 heterocycles. The topological polar surface area (TPSA) is 153 Å². The van der Waals surface area contributed by atoms with E-state index in [1.165, 1.54) is 57.8 Å². The number of ether oxygens (including phenoxy) is 1. The fraction of sp³-hybridized carbons (Fsp3) is 0.800. The highest BCUT2D eigenvalue weighted by Gasteiger charge is 2.60. The molecule has 5 N–H and O–H groups in total. The van der Waals surface area contributed by atoms with E-state index in [1.54, 1.807) is 0 Å². The minimum atomic E-state index is -2.14. The Kier molecular flexibility index (Phi) is 12.2. The van der Waals surface area contributed by atoms with E-state index < -0.39 is 47.6 Å². The lowest BCUT2D eigenvalue weighted by Crippen LogP contribution is -2.51. The Morgan fingerprint density at radius 1 is 0.941 bits per heavy atom. The zero-order chi connectivity index (χ0) is 25.0. The molecule has 1 aliphatic heterocycles. The van der Waals surface area contributed by atoms with Gasteiger partial charge in [-0.1, -0.05) is 84.0 Å². The molecular weight excluding hydrogens is 440 g/mol. The number of aliphatic hydroxyl groups is 3. The molecule has 0 aromatic carbocycles. The largest absolute Gasteiger partial charge is 0.394 e. The first-order chi connectivity index (χ1) is 16.4. The van der Waals surface area contributed by atoms with Gasteiger partial charge in [0.1, 0.15) is 18.3 Å². The van der Waals surface area contributed by atoms with Gasteiger partial charge in [-0.2, -0.15) is 0 Å². The Hall–Kier alpha value is -1.81. The number of unbranched alkanes of at least 4 members (excludes halogenated alkanes) is 12. The minimum Gasteiger partial charge on any atom is -0.394 e. The van der Waals surface area contributed by atoms with Crippen molar-refractivity contribution in [3.05, 3.63) is 32.6 Å². The van der Waals surface area contributed by atoms with Gasteiger partial charge >= 0.3 is 5.69 Å². The number of aliphatic hydroxyl groups excluding tert-OH is 3. The van der Waals surface area contributed by atoms with Gasteiger partial charge in [-0.15, -0.1) is 0 Å². The predicted octanol–water partition coefficient (Wildman–Crippen LogP) is 2.42. The molecule has 4 atom stereocenters. The molecule has 9 nitrogen and oxygen atoms in total. The van der Waals surface area contributed by atoms with Crippen LogP contribution in [0.2, 0.25) is 0 Å². The molecule has 9 heteroatoms. The van der Waals surface area contributed by atoms with E-state index in [9.17, 15) is 29.7 Å². The van der Waals surface area contributed by atoms with E-state index in [4.69, 9.17) is 4.74 Å². The molecule has 1 aliphatic rings. The van der Waals surface area contributed by atoms with E-state index in [0.29, 0.717) is 6.42 Å². The van der Waals surface area contributed by atoms with Crippen LogP contribution in [0.4, 0.5) is 0 Å². The van der Waals surface area contributed by atoms with Crippen molar-refractivity contribution in [3.8, 4) is 0 Å². The van der Waals surface area contributed by atoms with Crippen LogP contribution in [-0.2, 0) is 15.1 Å². The number of Topliss-reactive ketones (excluding diaryl/α,β-unsaturated/α-hetero) is 1. The zero-order valence-electron chi connectivity index (χ0n) is 20.4. The predicted molar refractivity (Wildman–Crippen MR) is 129 cm³/mol. The Morgan fingerprint density at radius 3 is 1.94 bits per heavy atom. The van der Waals surface area contributed by atoms with Gasteiger partial charge in [0.15, 0.2) is 11.4 Å². The fourth-order valence-electron chi connectivity index (χ4n) is 4.75. The van der Waals surface area contributed by atoms with Crippen LogP contribution in [0, 0.1) is 0 Å². The first kappa shape index (κ1) is 28.4. The van der Waals surface area contributed by atoms with Crippen LogP contribution in [0.1, 0.15) is 102 Å². The highest BCUT2D eigenvalue weighted by molar-refractivity contribution is 5.89. The number of carbonyl (C=O) groups is 1. The van der Waals surface area contributed by atoms with Crippen LogP contribution in [0.15, 0.2) is 15.8 Å². The molecule has 194 valence electrons. The number of hydrogen-bond donors (Lipinski definition) is 5. The highest BCUT2D eigenvalue weighted by Crippen LogP contribution is 2.40. The fourth-order valence-corrected chi connectivity index (χ4v) is 4.75. The van der Waals surface area contributed by atoms with Gasteiger partial charge in [0.05, 0.1) is 12.2 Å². The van der Waals surface area contributed by atoms with Gasteiger partial charge in [-0.3, -0.25) is 14.6 Å². The lowest BCUT2D eigenvalue weighted by Gasteiger charge is -2.30. The number of H-pyrrole nitrogens is 2. The second kappa shape index (κ2) is 14.6. The van der Waals surface area contributed by atoms with E-state index in [1.807, 2.05) is 4.98 Å². The quantitative estimate of drug-likeness (QED) is 0.214. The van der Waals surface area contributed by atoms with Crippen LogP contribution < -0.4 is 11.2 Å². The molecule has 1 aromatic heterocycles. The molecule has 0 spiro atoms.